The van der Waals surface area contributed by atoms with E-state index in [1.165, 1.54) is 13.0 Å². The summed E-state index contributed by atoms with van der Waals surface area (Å²) in [6.45, 7) is 3.57. The molecule has 21 heavy (non-hydrogen) atoms. The van der Waals surface area contributed by atoms with E-state index in [0.29, 0.717) is 24.8 Å². The molecular weight excluding hydrogens is 274 g/mol. The van der Waals surface area contributed by atoms with E-state index in [1.807, 2.05) is 0 Å². The number of nitrogens with one attached hydrogen (secondary N) is 1. The molecule has 0 spiro atoms. The Kier molecular flexibility index (Phi) is 4.26. The average Bonchev–Trinajstić information content (AvgIpc) is 2.45. The second kappa shape index (κ2) is 5.80. The lowest BCUT2D eigenvalue weighted by atomic mass is 9.78. The maximum Gasteiger partial charge on any atom is 0.255 e. The van der Waals surface area contributed by atoms with Crippen molar-refractivity contribution < 1.29 is 13.6 Å². The predicted molar refractivity (Wildman–Crippen MR) is 74.5 cm³/mol. The van der Waals surface area contributed by atoms with Gasteiger partial charge in [0.1, 0.15) is 17.2 Å². The van der Waals surface area contributed by atoms with Crippen LogP contribution in [0.5, 0.6) is 0 Å². The first-order chi connectivity index (χ1) is 9.87. The lowest BCUT2D eigenvalue weighted by Gasteiger charge is -2.34. The van der Waals surface area contributed by atoms with Gasteiger partial charge in [0.2, 0.25) is 0 Å². The van der Waals surface area contributed by atoms with Crippen molar-refractivity contribution >= 4 is 5.91 Å². The molecule has 0 bridgehead atoms. The summed E-state index contributed by atoms with van der Waals surface area (Å²) in [5, 5.41) is 12.0. The highest BCUT2D eigenvalue weighted by molar-refractivity contribution is 5.95. The molecule has 1 fully saturated rings. The molecule has 0 unspecified atom stereocenters. The van der Waals surface area contributed by atoms with E-state index < -0.39 is 23.1 Å². The van der Waals surface area contributed by atoms with Crippen LogP contribution in [0.2, 0.25) is 0 Å². The number of benzene rings is 1. The lowest BCUT2D eigenvalue weighted by molar-refractivity contribution is 0.0889. The fourth-order valence-electron chi connectivity index (χ4n) is 2.64. The van der Waals surface area contributed by atoms with Crippen LogP contribution in [-0.2, 0) is 0 Å². The van der Waals surface area contributed by atoms with E-state index >= 15 is 0 Å². The van der Waals surface area contributed by atoms with Crippen molar-refractivity contribution in [2.24, 2.45) is 5.92 Å². The summed E-state index contributed by atoms with van der Waals surface area (Å²) in [4.78, 5) is 12.2. The standard InChI is InChI=1S/C16H18F2N2O/c1-10-3-5-16(9-19,6-4-10)20-15(21)12-7-11(2)13(17)8-14(12)18/h7-8,10H,3-6H2,1-2H3,(H,20,21). The Bertz CT molecular complexity index is 599. The third-order valence-electron chi connectivity index (χ3n) is 4.19. The van der Waals surface area contributed by atoms with Gasteiger partial charge in [0.25, 0.3) is 5.91 Å². The van der Waals surface area contributed by atoms with Crippen molar-refractivity contribution in [3.05, 3.63) is 34.9 Å². The fourth-order valence-corrected chi connectivity index (χ4v) is 2.64. The van der Waals surface area contributed by atoms with E-state index in [-0.39, 0.29) is 11.1 Å². The Balaban J connectivity index is 2.21. The zero-order valence-electron chi connectivity index (χ0n) is 12.2. The summed E-state index contributed by atoms with van der Waals surface area (Å²) in [6.07, 6.45) is 2.80. The number of hydrogen-bond acceptors (Lipinski definition) is 2. The molecule has 0 saturated heterocycles. The molecule has 0 aliphatic heterocycles. The van der Waals surface area contributed by atoms with Gasteiger partial charge in [-0.25, -0.2) is 8.78 Å². The number of amides is 1. The van der Waals surface area contributed by atoms with Crippen molar-refractivity contribution in [3.8, 4) is 6.07 Å². The van der Waals surface area contributed by atoms with Crippen LogP contribution in [0.25, 0.3) is 0 Å². The Hall–Kier alpha value is -1.96. The molecule has 112 valence electrons. The van der Waals surface area contributed by atoms with Crippen molar-refractivity contribution in [1.29, 1.82) is 5.26 Å². The molecule has 1 saturated carbocycles. The van der Waals surface area contributed by atoms with E-state index in [0.717, 1.165) is 12.8 Å². The van der Waals surface area contributed by atoms with Gasteiger partial charge in [-0.2, -0.15) is 5.26 Å². The van der Waals surface area contributed by atoms with Crippen LogP contribution in [0.1, 0.15) is 48.5 Å². The molecular formula is C16H18F2N2O. The van der Waals surface area contributed by atoms with Gasteiger partial charge in [-0.05, 0) is 50.2 Å². The van der Waals surface area contributed by atoms with Gasteiger partial charge in [-0.1, -0.05) is 6.92 Å². The third kappa shape index (κ3) is 3.21. The van der Waals surface area contributed by atoms with Crippen LogP contribution in [0.15, 0.2) is 12.1 Å². The first-order valence-corrected chi connectivity index (χ1v) is 7.06. The van der Waals surface area contributed by atoms with Gasteiger partial charge in [0, 0.05) is 6.07 Å². The number of rotatable bonds is 2. The number of hydrogen-bond donors (Lipinski definition) is 1. The average molecular weight is 292 g/mol. The first kappa shape index (κ1) is 15.4. The maximum atomic E-state index is 13.7. The molecule has 1 aliphatic carbocycles. The molecule has 0 atom stereocenters. The summed E-state index contributed by atoms with van der Waals surface area (Å²) >= 11 is 0. The van der Waals surface area contributed by atoms with Gasteiger partial charge in [-0.3, -0.25) is 4.79 Å². The first-order valence-electron chi connectivity index (χ1n) is 7.06. The Morgan fingerprint density at radius 3 is 2.52 bits per heavy atom. The van der Waals surface area contributed by atoms with Crippen LogP contribution < -0.4 is 5.32 Å². The fraction of sp³-hybridized carbons (Fsp3) is 0.500. The van der Waals surface area contributed by atoms with Gasteiger partial charge in [0.05, 0.1) is 11.6 Å². The summed E-state index contributed by atoms with van der Waals surface area (Å²) in [6, 6.07) is 4.03. The second-order valence-electron chi connectivity index (χ2n) is 5.91. The highest BCUT2D eigenvalue weighted by Crippen LogP contribution is 2.31. The van der Waals surface area contributed by atoms with E-state index in [4.69, 9.17) is 0 Å². The van der Waals surface area contributed by atoms with Gasteiger partial charge in [0.15, 0.2) is 0 Å². The minimum Gasteiger partial charge on any atom is -0.334 e. The largest absolute Gasteiger partial charge is 0.334 e. The van der Waals surface area contributed by atoms with Crippen molar-refractivity contribution in [3.63, 3.8) is 0 Å². The third-order valence-corrected chi connectivity index (χ3v) is 4.19. The summed E-state index contributed by atoms with van der Waals surface area (Å²) in [7, 11) is 0. The minimum absolute atomic E-state index is 0.199. The highest BCUT2D eigenvalue weighted by Gasteiger charge is 2.36. The van der Waals surface area contributed by atoms with Crippen molar-refractivity contribution in [2.45, 2.75) is 45.1 Å². The van der Waals surface area contributed by atoms with Crippen LogP contribution >= 0.6 is 0 Å². The maximum absolute atomic E-state index is 13.7. The Morgan fingerprint density at radius 2 is 1.95 bits per heavy atom. The zero-order valence-corrected chi connectivity index (χ0v) is 12.2. The molecule has 3 nitrogen and oxygen atoms in total. The Labute approximate surface area is 123 Å². The Morgan fingerprint density at radius 1 is 1.33 bits per heavy atom. The van der Waals surface area contributed by atoms with E-state index in [9.17, 15) is 18.8 Å². The topological polar surface area (TPSA) is 52.9 Å². The summed E-state index contributed by atoms with van der Waals surface area (Å²) < 4.78 is 27.0. The van der Waals surface area contributed by atoms with Crippen molar-refractivity contribution in [2.75, 3.05) is 0 Å². The van der Waals surface area contributed by atoms with Crippen LogP contribution in [0.3, 0.4) is 0 Å². The van der Waals surface area contributed by atoms with E-state index in [2.05, 4.69) is 18.3 Å². The van der Waals surface area contributed by atoms with Crippen LogP contribution in [0.4, 0.5) is 8.78 Å². The van der Waals surface area contributed by atoms with Gasteiger partial charge < -0.3 is 5.32 Å². The number of aryl methyl sites for hydroxylation is 1. The van der Waals surface area contributed by atoms with Crippen LogP contribution in [0, 0.1) is 35.8 Å². The summed E-state index contributed by atoms with van der Waals surface area (Å²) in [5.41, 5.74) is -0.967. The molecule has 5 heteroatoms. The van der Waals surface area contributed by atoms with Gasteiger partial charge in [-0.15, -0.1) is 0 Å². The number of carbonyl (C=O) groups excluding carboxylic acids is 1. The molecule has 1 aromatic carbocycles. The number of carbonyl (C=O) groups is 1. The normalized spacial score (nSPS) is 25.2. The molecule has 0 heterocycles. The summed E-state index contributed by atoms with van der Waals surface area (Å²) in [5.74, 6) is -1.74. The molecule has 0 radical (unpaired) electrons. The molecule has 1 amide bonds. The number of nitriles is 1. The molecule has 1 N–H and O–H groups in total. The molecule has 2 rings (SSSR count). The minimum atomic E-state index is -0.946. The SMILES string of the molecule is Cc1cc(C(=O)NC2(C#N)CCC(C)CC2)c(F)cc1F. The molecule has 1 aromatic rings. The predicted octanol–water partition coefficient (Wildman–Crippen LogP) is 3.48. The number of halogens is 2. The smallest absolute Gasteiger partial charge is 0.255 e. The lowest BCUT2D eigenvalue weighted by Crippen LogP contribution is -2.49. The number of nitrogens with zero attached hydrogens (tertiary/aromatic N) is 1. The molecule has 1 aliphatic rings. The quantitative estimate of drug-likeness (QED) is 0.907. The van der Waals surface area contributed by atoms with Crippen molar-refractivity contribution in [1.82, 2.24) is 5.32 Å². The zero-order chi connectivity index (χ0) is 15.6. The van der Waals surface area contributed by atoms with E-state index in [1.54, 1.807) is 0 Å². The van der Waals surface area contributed by atoms with Gasteiger partial charge >= 0.3 is 0 Å². The van der Waals surface area contributed by atoms with Crippen LogP contribution in [-0.4, -0.2) is 11.4 Å². The monoisotopic (exact) mass is 292 g/mol. The second-order valence-corrected chi connectivity index (χ2v) is 5.91. The molecule has 0 aromatic heterocycles. The highest BCUT2D eigenvalue weighted by atomic mass is 19.1.